The zero-order valence-electron chi connectivity index (χ0n) is 12.2. The van der Waals surface area contributed by atoms with Gasteiger partial charge in [0.15, 0.2) is 5.69 Å². The van der Waals surface area contributed by atoms with Crippen LogP contribution >= 0.6 is 11.3 Å². The van der Waals surface area contributed by atoms with Gasteiger partial charge in [0, 0.05) is 27.1 Å². The summed E-state index contributed by atoms with van der Waals surface area (Å²) in [6, 6.07) is 4.67. The van der Waals surface area contributed by atoms with Gasteiger partial charge in [0.2, 0.25) is 0 Å². The zero-order valence-corrected chi connectivity index (χ0v) is 13.0. The summed E-state index contributed by atoms with van der Waals surface area (Å²) in [4.78, 5) is 17.5. The molecule has 0 bridgehead atoms. The Balaban J connectivity index is 1.60. The molecule has 2 aromatic rings. The maximum Gasteiger partial charge on any atom is 0.275 e. The van der Waals surface area contributed by atoms with E-state index in [1.165, 1.54) is 15.4 Å². The standard InChI is InChI=1S/C16H19N3OS/c1-10-5-8-12(21-10)9-19(11-6-7-11)16(20)15-13-3-2-4-14(13)17-18-15/h5,8,11H,2-4,6-7,9H2,1H3,(H,17,18). The molecule has 4 rings (SSSR count). The minimum Gasteiger partial charge on any atom is -0.329 e. The van der Waals surface area contributed by atoms with E-state index in [2.05, 4.69) is 29.3 Å². The number of fused-ring (bicyclic) bond motifs is 1. The monoisotopic (exact) mass is 301 g/mol. The van der Waals surface area contributed by atoms with Crippen LogP contribution in [0.5, 0.6) is 0 Å². The predicted octanol–water partition coefficient (Wildman–Crippen LogP) is 3.07. The highest BCUT2D eigenvalue weighted by atomic mass is 32.1. The molecule has 21 heavy (non-hydrogen) atoms. The van der Waals surface area contributed by atoms with Gasteiger partial charge in [-0.25, -0.2) is 0 Å². The van der Waals surface area contributed by atoms with Crippen LogP contribution in [0, 0.1) is 6.92 Å². The SMILES string of the molecule is Cc1ccc(CN(C(=O)c2n[nH]c3c2CCC3)C2CC2)s1. The lowest BCUT2D eigenvalue weighted by atomic mass is 10.2. The lowest BCUT2D eigenvalue weighted by Gasteiger charge is -2.21. The molecule has 2 aromatic heterocycles. The number of aromatic nitrogens is 2. The van der Waals surface area contributed by atoms with Crippen molar-refractivity contribution in [2.45, 2.75) is 51.6 Å². The number of thiophene rings is 1. The molecule has 0 aromatic carbocycles. The Morgan fingerprint density at radius 2 is 2.29 bits per heavy atom. The van der Waals surface area contributed by atoms with E-state index in [1.807, 2.05) is 4.90 Å². The first-order valence-electron chi connectivity index (χ1n) is 7.65. The average Bonchev–Trinajstić information content (AvgIpc) is 2.87. The molecule has 4 nitrogen and oxygen atoms in total. The number of rotatable bonds is 4. The van der Waals surface area contributed by atoms with Gasteiger partial charge in [-0.15, -0.1) is 11.3 Å². The number of H-pyrrole nitrogens is 1. The molecule has 5 heteroatoms. The predicted molar refractivity (Wildman–Crippen MR) is 82.6 cm³/mol. The first-order valence-corrected chi connectivity index (χ1v) is 8.46. The van der Waals surface area contributed by atoms with Crippen molar-refractivity contribution in [2.24, 2.45) is 0 Å². The third-order valence-electron chi connectivity index (χ3n) is 4.38. The van der Waals surface area contributed by atoms with Gasteiger partial charge in [-0.1, -0.05) is 0 Å². The Morgan fingerprint density at radius 1 is 1.43 bits per heavy atom. The number of hydrogen-bond donors (Lipinski definition) is 1. The van der Waals surface area contributed by atoms with Crippen LogP contribution in [-0.2, 0) is 19.4 Å². The first-order chi connectivity index (χ1) is 10.2. The molecule has 0 aliphatic heterocycles. The summed E-state index contributed by atoms with van der Waals surface area (Å²) in [5, 5.41) is 7.36. The average molecular weight is 301 g/mol. The lowest BCUT2D eigenvalue weighted by Crippen LogP contribution is -2.33. The summed E-state index contributed by atoms with van der Waals surface area (Å²) >= 11 is 1.78. The second-order valence-electron chi connectivity index (χ2n) is 6.06. The van der Waals surface area contributed by atoms with E-state index in [1.54, 1.807) is 11.3 Å². The quantitative estimate of drug-likeness (QED) is 0.943. The highest BCUT2D eigenvalue weighted by Gasteiger charge is 2.36. The van der Waals surface area contributed by atoms with Gasteiger partial charge in [-0.05, 0) is 51.2 Å². The van der Waals surface area contributed by atoms with Crippen LogP contribution in [0.3, 0.4) is 0 Å². The summed E-state index contributed by atoms with van der Waals surface area (Å²) in [6.07, 6.45) is 5.41. The summed E-state index contributed by atoms with van der Waals surface area (Å²) in [6.45, 7) is 2.84. The first kappa shape index (κ1) is 13.1. The fourth-order valence-electron chi connectivity index (χ4n) is 3.12. The van der Waals surface area contributed by atoms with Crippen LogP contribution in [0.1, 0.15) is 50.8 Å². The minimum atomic E-state index is 0.114. The van der Waals surface area contributed by atoms with Crippen molar-refractivity contribution in [2.75, 3.05) is 0 Å². The Morgan fingerprint density at radius 3 is 3.00 bits per heavy atom. The van der Waals surface area contributed by atoms with Crippen molar-refractivity contribution in [1.82, 2.24) is 15.1 Å². The van der Waals surface area contributed by atoms with Crippen LogP contribution in [0.25, 0.3) is 0 Å². The maximum atomic E-state index is 12.9. The normalized spacial score (nSPS) is 17.0. The maximum absolute atomic E-state index is 12.9. The summed E-state index contributed by atoms with van der Waals surface area (Å²) in [5.74, 6) is 0.114. The van der Waals surface area contributed by atoms with Crippen LogP contribution in [0.2, 0.25) is 0 Å². The van der Waals surface area contributed by atoms with E-state index in [4.69, 9.17) is 0 Å². The molecule has 0 saturated heterocycles. The topological polar surface area (TPSA) is 49.0 Å². The van der Waals surface area contributed by atoms with E-state index in [9.17, 15) is 4.79 Å². The minimum absolute atomic E-state index is 0.114. The fraction of sp³-hybridized carbons (Fsp3) is 0.500. The van der Waals surface area contributed by atoms with Crippen molar-refractivity contribution in [3.8, 4) is 0 Å². The molecule has 2 aliphatic rings. The van der Waals surface area contributed by atoms with Crippen molar-refractivity contribution in [3.63, 3.8) is 0 Å². The number of carbonyl (C=O) groups excluding carboxylic acids is 1. The molecule has 1 N–H and O–H groups in total. The molecule has 0 atom stereocenters. The third kappa shape index (κ3) is 2.39. The summed E-state index contributed by atoms with van der Waals surface area (Å²) in [5.41, 5.74) is 3.00. The van der Waals surface area contributed by atoms with Gasteiger partial charge in [0.05, 0.1) is 6.54 Å². The zero-order chi connectivity index (χ0) is 14.4. The molecular formula is C16H19N3OS. The molecule has 0 spiro atoms. The van der Waals surface area contributed by atoms with Crippen LogP contribution in [-0.4, -0.2) is 27.0 Å². The van der Waals surface area contributed by atoms with Crippen molar-refractivity contribution in [1.29, 1.82) is 0 Å². The largest absolute Gasteiger partial charge is 0.329 e. The molecule has 2 heterocycles. The molecule has 0 radical (unpaired) electrons. The molecular weight excluding hydrogens is 282 g/mol. The number of hydrogen-bond acceptors (Lipinski definition) is 3. The fourth-order valence-corrected chi connectivity index (χ4v) is 4.01. The van der Waals surface area contributed by atoms with E-state index in [0.29, 0.717) is 11.7 Å². The lowest BCUT2D eigenvalue weighted by molar-refractivity contribution is 0.0724. The molecule has 0 unspecified atom stereocenters. The molecule has 2 aliphatic carbocycles. The van der Waals surface area contributed by atoms with Crippen LogP contribution in [0.4, 0.5) is 0 Å². The van der Waals surface area contributed by atoms with Crippen molar-refractivity contribution >= 4 is 17.2 Å². The van der Waals surface area contributed by atoms with Crippen LogP contribution < -0.4 is 0 Å². The summed E-state index contributed by atoms with van der Waals surface area (Å²) < 4.78 is 0. The van der Waals surface area contributed by atoms with E-state index >= 15 is 0 Å². The summed E-state index contributed by atoms with van der Waals surface area (Å²) in [7, 11) is 0. The Kier molecular flexibility index (Phi) is 3.10. The highest BCUT2D eigenvalue weighted by molar-refractivity contribution is 7.11. The van der Waals surface area contributed by atoms with Crippen molar-refractivity contribution < 1.29 is 4.79 Å². The number of aromatic amines is 1. The third-order valence-corrected chi connectivity index (χ3v) is 5.37. The molecule has 1 saturated carbocycles. The Hall–Kier alpha value is -1.62. The second kappa shape index (κ2) is 4.98. The van der Waals surface area contributed by atoms with E-state index in [-0.39, 0.29) is 5.91 Å². The molecule has 1 amide bonds. The van der Waals surface area contributed by atoms with Gasteiger partial charge >= 0.3 is 0 Å². The van der Waals surface area contributed by atoms with Crippen LogP contribution in [0.15, 0.2) is 12.1 Å². The number of nitrogens with zero attached hydrogens (tertiary/aromatic N) is 2. The number of carbonyl (C=O) groups is 1. The Bertz CT molecular complexity index is 684. The van der Waals surface area contributed by atoms with Crippen molar-refractivity contribution in [3.05, 3.63) is 38.8 Å². The molecule has 110 valence electrons. The second-order valence-corrected chi connectivity index (χ2v) is 7.43. The van der Waals surface area contributed by atoms with Gasteiger partial charge < -0.3 is 4.90 Å². The highest BCUT2D eigenvalue weighted by Crippen LogP contribution is 2.32. The van der Waals surface area contributed by atoms with Gasteiger partial charge in [-0.3, -0.25) is 9.89 Å². The van der Waals surface area contributed by atoms with Gasteiger partial charge in [-0.2, -0.15) is 5.10 Å². The van der Waals surface area contributed by atoms with E-state index in [0.717, 1.165) is 44.2 Å². The molecule has 1 fully saturated rings. The van der Waals surface area contributed by atoms with E-state index < -0.39 is 0 Å². The van der Waals surface area contributed by atoms with Gasteiger partial charge in [0.25, 0.3) is 5.91 Å². The van der Waals surface area contributed by atoms with Gasteiger partial charge in [0.1, 0.15) is 0 Å². The Labute approximate surface area is 128 Å². The number of aryl methyl sites for hydroxylation is 2. The smallest absolute Gasteiger partial charge is 0.275 e. The number of amides is 1. The number of nitrogens with one attached hydrogen (secondary N) is 1.